The molecule has 0 aliphatic heterocycles. The van der Waals surface area contributed by atoms with Crippen LogP contribution in [0.25, 0.3) is 22.6 Å². The predicted octanol–water partition coefficient (Wildman–Crippen LogP) is 4.23. The van der Waals surface area contributed by atoms with Crippen molar-refractivity contribution in [3.05, 3.63) is 70.3 Å². The lowest BCUT2D eigenvalue weighted by Gasteiger charge is -2.12. The van der Waals surface area contributed by atoms with Gasteiger partial charge in [0.2, 0.25) is 0 Å². The van der Waals surface area contributed by atoms with E-state index in [1.54, 1.807) is 43.3 Å². The van der Waals surface area contributed by atoms with Gasteiger partial charge in [-0.2, -0.15) is 0 Å². The molecule has 3 aromatic rings. The molecule has 0 fully saturated rings. The number of benzene rings is 2. The zero-order chi connectivity index (χ0) is 19.4. The Bertz CT molecular complexity index is 962. The summed E-state index contributed by atoms with van der Waals surface area (Å²) >= 11 is 12.0. The first-order chi connectivity index (χ1) is 13.0. The van der Waals surface area contributed by atoms with Crippen LogP contribution in [0.1, 0.15) is 17.4 Å². The number of aliphatic hydroxyl groups excluding tert-OH is 1. The van der Waals surface area contributed by atoms with Crippen molar-refractivity contribution in [3.63, 3.8) is 0 Å². The molecule has 1 aromatic heterocycles. The molecule has 0 saturated heterocycles. The van der Waals surface area contributed by atoms with Gasteiger partial charge in [-0.25, -0.2) is 9.97 Å². The maximum atomic E-state index is 12.5. The highest BCUT2D eigenvalue weighted by Crippen LogP contribution is 2.25. The second-order valence-electron chi connectivity index (χ2n) is 6.04. The predicted molar refractivity (Wildman–Crippen MR) is 107 cm³/mol. The van der Waals surface area contributed by atoms with E-state index in [1.165, 1.54) is 0 Å². The molecule has 138 valence electrons. The fourth-order valence-electron chi connectivity index (χ4n) is 2.43. The van der Waals surface area contributed by atoms with Crippen LogP contribution in [0.2, 0.25) is 10.0 Å². The molecule has 3 rings (SSSR count). The second kappa shape index (κ2) is 8.48. The zero-order valence-electron chi connectivity index (χ0n) is 14.5. The van der Waals surface area contributed by atoms with Crippen molar-refractivity contribution in [1.82, 2.24) is 15.3 Å². The van der Waals surface area contributed by atoms with Crippen LogP contribution in [-0.4, -0.2) is 33.6 Å². The summed E-state index contributed by atoms with van der Waals surface area (Å²) in [5.41, 5.74) is 2.28. The van der Waals surface area contributed by atoms with E-state index in [-0.39, 0.29) is 18.3 Å². The summed E-state index contributed by atoms with van der Waals surface area (Å²) in [7, 11) is 0. The van der Waals surface area contributed by atoms with Gasteiger partial charge in [0.15, 0.2) is 5.82 Å². The number of nitrogens with zero attached hydrogens (tertiary/aromatic N) is 2. The highest BCUT2D eigenvalue weighted by molar-refractivity contribution is 6.31. The summed E-state index contributed by atoms with van der Waals surface area (Å²) in [5, 5.41) is 13.0. The zero-order valence-corrected chi connectivity index (χ0v) is 16.0. The van der Waals surface area contributed by atoms with Gasteiger partial charge >= 0.3 is 0 Å². The van der Waals surface area contributed by atoms with Crippen molar-refractivity contribution in [2.24, 2.45) is 0 Å². The summed E-state index contributed by atoms with van der Waals surface area (Å²) in [5.74, 6) is -0.0100. The maximum absolute atomic E-state index is 12.5. The Labute approximate surface area is 167 Å². The van der Waals surface area contributed by atoms with E-state index in [0.29, 0.717) is 27.1 Å². The van der Waals surface area contributed by atoms with E-state index in [2.05, 4.69) is 15.3 Å². The molecule has 2 aromatic carbocycles. The molecule has 0 radical (unpaired) electrons. The topological polar surface area (TPSA) is 75.1 Å². The van der Waals surface area contributed by atoms with Crippen molar-refractivity contribution in [1.29, 1.82) is 0 Å². The number of halogens is 2. The molecule has 2 N–H and O–H groups in total. The molecule has 1 heterocycles. The number of nitrogens with one attached hydrogen (secondary N) is 1. The lowest BCUT2D eigenvalue weighted by atomic mass is 10.1. The number of amides is 1. The maximum Gasteiger partial charge on any atom is 0.270 e. The molecule has 0 bridgehead atoms. The van der Waals surface area contributed by atoms with Crippen molar-refractivity contribution in [3.8, 4) is 22.6 Å². The molecule has 0 spiro atoms. The molecule has 1 atom stereocenters. The van der Waals surface area contributed by atoms with Gasteiger partial charge < -0.3 is 10.4 Å². The van der Waals surface area contributed by atoms with Crippen LogP contribution in [0.4, 0.5) is 0 Å². The second-order valence-corrected chi connectivity index (χ2v) is 6.91. The van der Waals surface area contributed by atoms with Crippen LogP contribution in [0.5, 0.6) is 0 Å². The standard InChI is InChI=1S/C20H17Cl2N3O2/c1-12(11-26)23-20(27)18-10-17(13-5-7-15(21)8-6-13)24-19(25-18)14-3-2-4-16(22)9-14/h2-10,12,26H,11H2,1H3,(H,23,27)/t12-/m0/s1. The summed E-state index contributed by atoms with van der Waals surface area (Å²) in [6.45, 7) is 1.54. The van der Waals surface area contributed by atoms with E-state index in [1.807, 2.05) is 18.2 Å². The van der Waals surface area contributed by atoms with Crippen molar-refractivity contribution in [2.45, 2.75) is 13.0 Å². The van der Waals surface area contributed by atoms with E-state index in [4.69, 9.17) is 23.2 Å². The van der Waals surface area contributed by atoms with Gasteiger partial charge in [0.1, 0.15) is 5.69 Å². The average Bonchev–Trinajstić information content (AvgIpc) is 2.68. The van der Waals surface area contributed by atoms with E-state index in [9.17, 15) is 9.90 Å². The summed E-state index contributed by atoms with van der Waals surface area (Å²) in [6.07, 6.45) is 0. The number of hydrogen-bond acceptors (Lipinski definition) is 4. The first-order valence-electron chi connectivity index (χ1n) is 8.29. The number of aliphatic hydroxyl groups is 1. The minimum absolute atomic E-state index is 0.165. The van der Waals surface area contributed by atoms with Crippen molar-refractivity contribution < 1.29 is 9.90 Å². The van der Waals surface area contributed by atoms with E-state index < -0.39 is 5.91 Å². The molecule has 1 amide bonds. The third-order valence-electron chi connectivity index (χ3n) is 3.83. The highest BCUT2D eigenvalue weighted by atomic mass is 35.5. The first-order valence-corrected chi connectivity index (χ1v) is 9.04. The fraction of sp³-hybridized carbons (Fsp3) is 0.150. The smallest absolute Gasteiger partial charge is 0.270 e. The Kier molecular flexibility index (Phi) is 6.06. The van der Waals surface area contributed by atoms with Gasteiger partial charge in [-0.3, -0.25) is 4.79 Å². The fourth-order valence-corrected chi connectivity index (χ4v) is 2.75. The van der Waals surface area contributed by atoms with Gasteiger partial charge in [-0.1, -0.05) is 47.5 Å². The Morgan fingerprint density at radius 3 is 2.44 bits per heavy atom. The minimum Gasteiger partial charge on any atom is -0.394 e. The Balaban J connectivity index is 2.10. The van der Waals surface area contributed by atoms with Gasteiger partial charge in [0, 0.05) is 27.2 Å². The van der Waals surface area contributed by atoms with Crippen LogP contribution in [-0.2, 0) is 0 Å². The third-order valence-corrected chi connectivity index (χ3v) is 4.32. The highest BCUT2D eigenvalue weighted by Gasteiger charge is 2.16. The minimum atomic E-state index is -0.391. The van der Waals surface area contributed by atoms with E-state index >= 15 is 0 Å². The number of hydrogen-bond donors (Lipinski definition) is 2. The molecular weight excluding hydrogens is 385 g/mol. The van der Waals surface area contributed by atoms with E-state index in [0.717, 1.165) is 5.56 Å². The Hall–Kier alpha value is -2.47. The molecular formula is C20H17Cl2N3O2. The average molecular weight is 402 g/mol. The molecule has 7 heteroatoms. The molecule has 0 aliphatic carbocycles. The van der Waals surface area contributed by atoms with Crippen LogP contribution in [0, 0.1) is 0 Å². The molecule has 0 unspecified atom stereocenters. The van der Waals surface area contributed by atoms with Gasteiger partial charge in [-0.05, 0) is 37.3 Å². The SMILES string of the molecule is C[C@@H](CO)NC(=O)c1cc(-c2ccc(Cl)cc2)nc(-c2cccc(Cl)c2)n1. The third kappa shape index (κ3) is 4.83. The largest absolute Gasteiger partial charge is 0.394 e. The number of rotatable bonds is 5. The number of aromatic nitrogens is 2. The Morgan fingerprint density at radius 1 is 1.04 bits per heavy atom. The van der Waals surface area contributed by atoms with Crippen LogP contribution in [0.3, 0.4) is 0 Å². The van der Waals surface area contributed by atoms with Gasteiger partial charge in [-0.15, -0.1) is 0 Å². The lowest BCUT2D eigenvalue weighted by Crippen LogP contribution is -2.35. The molecule has 0 aliphatic rings. The quantitative estimate of drug-likeness (QED) is 0.670. The Morgan fingerprint density at radius 2 is 1.78 bits per heavy atom. The molecule has 0 saturated carbocycles. The lowest BCUT2D eigenvalue weighted by molar-refractivity contribution is 0.0917. The van der Waals surface area contributed by atoms with Gasteiger partial charge in [0.25, 0.3) is 5.91 Å². The normalized spacial score (nSPS) is 11.9. The number of carbonyl (C=O) groups excluding carboxylic acids is 1. The van der Waals surface area contributed by atoms with Crippen molar-refractivity contribution >= 4 is 29.1 Å². The number of carbonyl (C=O) groups is 1. The van der Waals surface area contributed by atoms with Crippen LogP contribution < -0.4 is 5.32 Å². The summed E-state index contributed by atoms with van der Waals surface area (Å²) in [6, 6.07) is 15.5. The molecule has 27 heavy (non-hydrogen) atoms. The van der Waals surface area contributed by atoms with Gasteiger partial charge in [0.05, 0.1) is 12.3 Å². The summed E-state index contributed by atoms with van der Waals surface area (Å²) in [4.78, 5) is 21.5. The first kappa shape index (κ1) is 19.3. The van der Waals surface area contributed by atoms with Crippen LogP contribution >= 0.6 is 23.2 Å². The van der Waals surface area contributed by atoms with Crippen molar-refractivity contribution in [2.75, 3.05) is 6.61 Å². The summed E-state index contributed by atoms with van der Waals surface area (Å²) < 4.78 is 0. The monoisotopic (exact) mass is 401 g/mol. The van der Waals surface area contributed by atoms with Crippen LogP contribution in [0.15, 0.2) is 54.6 Å². The molecule has 5 nitrogen and oxygen atoms in total.